The second kappa shape index (κ2) is 5.69. The molecular weight excluding hydrogens is 244 g/mol. The van der Waals surface area contributed by atoms with Gasteiger partial charge >= 0.3 is 0 Å². The zero-order valence-corrected chi connectivity index (χ0v) is 11.1. The molecule has 94 valence electrons. The van der Waals surface area contributed by atoms with Gasteiger partial charge in [-0.05, 0) is 30.5 Å². The lowest BCUT2D eigenvalue weighted by Gasteiger charge is -2.22. The third kappa shape index (κ3) is 2.71. The molecule has 1 aromatic carbocycles. The van der Waals surface area contributed by atoms with Crippen molar-refractivity contribution in [1.29, 1.82) is 0 Å². The number of thiophene rings is 1. The molecule has 0 radical (unpaired) electrons. The summed E-state index contributed by atoms with van der Waals surface area (Å²) in [6, 6.07) is 11.4. The Morgan fingerprint density at radius 2 is 2.06 bits per heavy atom. The van der Waals surface area contributed by atoms with Crippen LogP contribution in [0.25, 0.3) is 0 Å². The number of nitrogens with zero attached hydrogens (tertiary/aromatic N) is 1. The van der Waals surface area contributed by atoms with E-state index in [1.54, 1.807) is 16.2 Å². The maximum absolute atomic E-state index is 12.3. The van der Waals surface area contributed by atoms with E-state index >= 15 is 0 Å². The molecule has 4 heteroatoms. The van der Waals surface area contributed by atoms with E-state index in [-0.39, 0.29) is 5.91 Å². The minimum absolute atomic E-state index is 0.0813. The van der Waals surface area contributed by atoms with Gasteiger partial charge in [-0.15, -0.1) is 11.3 Å². The van der Waals surface area contributed by atoms with Crippen LogP contribution in [0.3, 0.4) is 0 Å². The quantitative estimate of drug-likeness (QED) is 0.859. The Bertz CT molecular complexity index is 522. The lowest BCUT2D eigenvalue weighted by molar-refractivity contribution is -0.117. The van der Waals surface area contributed by atoms with E-state index in [1.165, 1.54) is 0 Å². The van der Waals surface area contributed by atoms with Crippen molar-refractivity contribution in [3.63, 3.8) is 0 Å². The fourth-order valence-corrected chi connectivity index (χ4v) is 2.57. The van der Waals surface area contributed by atoms with Crippen molar-refractivity contribution in [3.05, 3.63) is 46.7 Å². The van der Waals surface area contributed by atoms with Crippen LogP contribution in [0.15, 0.2) is 41.8 Å². The molecule has 2 rings (SSSR count). The van der Waals surface area contributed by atoms with E-state index in [1.807, 2.05) is 48.7 Å². The molecule has 0 atom stereocenters. The lowest BCUT2D eigenvalue weighted by Crippen LogP contribution is -2.32. The second-order valence-electron chi connectivity index (χ2n) is 3.95. The number of nitrogens with two attached hydrogens (primary N) is 1. The van der Waals surface area contributed by atoms with Crippen LogP contribution in [0, 0.1) is 0 Å². The Morgan fingerprint density at radius 3 is 2.67 bits per heavy atom. The fourth-order valence-electron chi connectivity index (χ4n) is 1.87. The van der Waals surface area contributed by atoms with Crippen molar-refractivity contribution < 1.29 is 4.79 Å². The molecule has 18 heavy (non-hydrogen) atoms. The van der Waals surface area contributed by atoms with Crippen molar-refractivity contribution in [2.75, 3.05) is 17.2 Å². The van der Waals surface area contributed by atoms with E-state index in [4.69, 9.17) is 5.73 Å². The summed E-state index contributed by atoms with van der Waals surface area (Å²) in [5.41, 5.74) is 7.35. The van der Waals surface area contributed by atoms with E-state index in [0.29, 0.717) is 18.7 Å². The van der Waals surface area contributed by atoms with Crippen LogP contribution in [0.1, 0.15) is 11.8 Å². The third-order valence-corrected chi connectivity index (χ3v) is 3.63. The molecule has 0 aliphatic heterocycles. The first-order valence-electron chi connectivity index (χ1n) is 5.89. The van der Waals surface area contributed by atoms with Crippen LogP contribution < -0.4 is 10.6 Å². The zero-order valence-electron chi connectivity index (χ0n) is 10.3. The van der Waals surface area contributed by atoms with Crippen LogP contribution in [-0.4, -0.2) is 12.5 Å². The Balaban J connectivity index is 2.18. The summed E-state index contributed by atoms with van der Waals surface area (Å²) in [5, 5.41) is 1.98. The smallest absolute Gasteiger partial charge is 0.232 e. The van der Waals surface area contributed by atoms with Gasteiger partial charge in [-0.2, -0.15) is 0 Å². The van der Waals surface area contributed by atoms with Gasteiger partial charge in [0.2, 0.25) is 5.91 Å². The average Bonchev–Trinajstić information content (AvgIpc) is 2.85. The summed E-state index contributed by atoms with van der Waals surface area (Å²) < 4.78 is 0. The van der Waals surface area contributed by atoms with Gasteiger partial charge in [-0.1, -0.05) is 18.2 Å². The van der Waals surface area contributed by atoms with Gasteiger partial charge in [0.15, 0.2) is 0 Å². The van der Waals surface area contributed by atoms with E-state index < -0.39 is 0 Å². The SMILES string of the molecule is CCN(C(=O)Cc1cccs1)c1ccccc1N. The third-order valence-electron chi connectivity index (χ3n) is 2.75. The highest BCUT2D eigenvalue weighted by molar-refractivity contribution is 7.10. The molecule has 2 N–H and O–H groups in total. The van der Waals surface area contributed by atoms with Crippen LogP contribution in [0.4, 0.5) is 11.4 Å². The van der Waals surface area contributed by atoms with Gasteiger partial charge in [-0.3, -0.25) is 4.79 Å². The largest absolute Gasteiger partial charge is 0.397 e. The van der Waals surface area contributed by atoms with E-state index in [2.05, 4.69) is 0 Å². The normalized spacial score (nSPS) is 10.3. The van der Waals surface area contributed by atoms with Crippen molar-refractivity contribution in [3.8, 4) is 0 Å². The first-order chi connectivity index (χ1) is 8.72. The van der Waals surface area contributed by atoms with Crippen LogP contribution in [0.5, 0.6) is 0 Å². The Hall–Kier alpha value is -1.81. The standard InChI is InChI=1S/C14H16N2OS/c1-2-16(13-8-4-3-7-12(13)15)14(17)10-11-6-5-9-18-11/h3-9H,2,10,15H2,1H3. The molecule has 0 aliphatic rings. The number of hydrogen-bond donors (Lipinski definition) is 1. The number of amides is 1. The fraction of sp³-hybridized carbons (Fsp3) is 0.214. The van der Waals surface area contributed by atoms with Gasteiger partial charge in [0, 0.05) is 11.4 Å². The number of hydrogen-bond acceptors (Lipinski definition) is 3. The molecule has 0 unspecified atom stereocenters. The van der Waals surface area contributed by atoms with Crippen LogP contribution in [0.2, 0.25) is 0 Å². The molecule has 1 heterocycles. The highest BCUT2D eigenvalue weighted by Crippen LogP contribution is 2.23. The van der Waals surface area contributed by atoms with Crippen molar-refractivity contribution >= 4 is 28.6 Å². The molecule has 0 spiro atoms. The number of carbonyl (C=O) groups is 1. The number of likely N-dealkylation sites (N-methyl/N-ethyl adjacent to an activating group) is 1. The molecule has 1 aromatic heterocycles. The van der Waals surface area contributed by atoms with Gasteiger partial charge in [0.25, 0.3) is 0 Å². The summed E-state index contributed by atoms with van der Waals surface area (Å²) >= 11 is 1.60. The summed E-state index contributed by atoms with van der Waals surface area (Å²) in [6.45, 7) is 2.58. The number of anilines is 2. The molecular formula is C14H16N2OS. The lowest BCUT2D eigenvalue weighted by atomic mass is 10.2. The Kier molecular flexibility index (Phi) is 3.99. The van der Waals surface area contributed by atoms with Crippen molar-refractivity contribution in [1.82, 2.24) is 0 Å². The highest BCUT2D eigenvalue weighted by atomic mass is 32.1. The highest BCUT2D eigenvalue weighted by Gasteiger charge is 2.16. The molecule has 3 nitrogen and oxygen atoms in total. The number of para-hydroxylation sites is 2. The van der Waals surface area contributed by atoms with Crippen molar-refractivity contribution in [2.45, 2.75) is 13.3 Å². The van der Waals surface area contributed by atoms with Crippen LogP contribution >= 0.6 is 11.3 Å². The molecule has 0 saturated carbocycles. The molecule has 0 saturated heterocycles. The number of benzene rings is 1. The first-order valence-corrected chi connectivity index (χ1v) is 6.77. The Labute approximate surface area is 111 Å². The van der Waals surface area contributed by atoms with E-state index in [0.717, 1.165) is 10.6 Å². The number of nitrogen functional groups attached to an aromatic ring is 1. The summed E-state index contributed by atoms with van der Waals surface area (Å²) in [7, 11) is 0. The zero-order chi connectivity index (χ0) is 13.0. The predicted octanol–water partition coefficient (Wildman–Crippen LogP) is 2.93. The van der Waals surface area contributed by atoms with Crippen molar-refractivity contribution in [2.24, 2.45) is 0 Å². The first kappa shape index (κ1) is 12.6. The average molecular weight is 260 g/mol. The summed E-state index contributed by atoms with van der Waals surface area (Å²) in [4.78, 5) is 15.1. The minimum atomic E-state index is 0.0813. The summed E-state index contributed by atoms with van der Waals surface area (Å²) in [5.74, 6) is 0.0813. The minimum Gasteiger partial charge on any atom is -0.397 e. The van der Waals surface area contributed by atoms with Gasteiger partial charge in [0.1, 0.15) is 0 Å². The topological polar surface area (TPSA) is 46.3 Å². The van der Waals surface area contributed by atoms with Gasteiger partial charge < -0.3 is 10.6 Å². The molecule has 0 bridgehead atoms. The van der Waals surface area contributed by atoms with Gasteiger partial charge in [0.05, 0.1) is 17.8 Å². The predicted molar refractivity (Wildman–Crippen MR) is 76.9 cm³/mol. The molecule has 0 aliphatic carbocycles. The second-order valence-corrected chi connectivity index (χ2v) is 4.99. The molecule has 1 amide bonds. The molecule has 2 aromatic rings. The Morgan fingerprint density at radius 1 is 1.28 bits per heavy atom. The maximum Gasteiger partial charge on any atom is 0.232 e. The molecule has 0 fully saturated rings. The van der Waals surface area contributed by atoms with Gasteiger partial charge in [-0.25, -0.2) is 0 Å². The summed E-state index contributed by atoms with van der Waals surface area (Å²) in [6.07, 6.45) is 0.430. The van der Waals surface area contributed by atoms with Crippen LogP contribution in [-0.2, 0) is 11.2 Å². The maximum atomic E-state index is 12.3. The monoisotopic (exact) mass is 260 g/mol. The van der Waals surface area contributed by atoms with E-state index in [9.17, 15) is 4.79 Å². The number of carbonyl (C=O) groups excluding carboxylic acids is 1. The number of rotatable bonds is 4.